The zero-order chi connectivity index (χ0) is 13.1. The maximum atomic E-state index is 4.75. The first-order valence-corrected chi connectivity index (χ1v) is 6.39. The smallest absolute Gasteiger partial charge is 0.111 e. The molecule has 1 aromatic heterocycles. The van der Waals surface area contributed by atoms with E-state index in [0.717, 1.165) is 30.9 Å². The van der Waals surface area contributed by atoms with Gasteiger partial charge >= 0.3 is 0 Å². The van der Waals surface area contributed by atoms with E-state index in [1.165, 1.54) is 16.6 Å². The second kappa shape index (κ2) is 5.36. The maximum Gasteiger partial charge on any atom is 0.111 e. The van der Waals surface area contributed by atoms with Crippen LogP contribution in [0.1, 0.15) is 17.0 Å². The van der Waals surface area contributed by atoms with Crippen LogP contribution < -0.4 is 5.32 Å². The van der Waals surface area contributed by atoms with Crippen LogP contribution in [0.5, 0.6) is 0 Å². The van der Waals surface area contributed by atoms with E-state index in [0.29, 0.717) is 0 Å². The number of aryl methyl sites for hydroxylation is 2. The lowest BCUT2D eigenvalue weighted by molar-refractivity contribution is 0.703. The Kier molecular flexibility index (Phi) is 3.82. The molecule has 3 heteroatoms. The third-order valence-electron chi connectivity index (χ3n) is 3.35. The number of aromatic nitrogens is 2. The summed E-state index contributed by atoms with van der Waals surface area (Å²) in [7, 11) is 1.97. The minimum absolute atomic E-state index is 0.818. The van der Waals surface area contributed by atoms with Gasteiger partial charge in [-0.1, -0.05) is 6.08 Å². The van der Waals surface area contributed by atoms with Crippen LogP contribution in [0.15, 0.2) is 24.8 Å². The lowest BCUT2D eigenvalue weighted by atomic mass is 10.1. The molecule has 0 fully saturated rings. The molecule has 0 amide bonds. The highest BCUT2D eigenvalue weighted by Crippen LogP contribution is 2.21. The molecule has 0 atom stereocenters. The summed E-state index contributed by atoms with van der Waals surface area (Å²) in [4.78, 5) is 4.75. The largest absolute Gasteiger partial charge is 0.324 e. The van der Waals surface area contributed by atoms with Gasteiger partial charge in [-0.2, -0.15) is 0 Å². The van der Waals surface area contributed by atoms with Crippen molar-refractivity contribution in [1.82, 2.24) is 14.9 Å². The Morgan fingerprint density at radius 3 is 2.72 bits per heavy atom. The highest BCUT2D eigenvalue weighted by Gasteiger charge is 2.10. The predicted molar refractivity (Wildman–Crippen MR) is 77.0 cm³/mol. The zero-order valence-electron chi connectivity index (χ0n) is 11.5. The Bertz CT molecular complexity index is 567. The van der Waals surface area contributed by atoms with Crippen molar-refractivity contribution >= 4 is 11.0 Å². The Morgan fingerprint density at radius 2 is 2.06 bits per heavy atom. The molecule has 1 heterocycles. The number of benzene rings is 1. The van der Waals surface area contributed by atoms with Crippen LogP contribution in [-0.4, -0.2) is 23.1 Å². The molecule has 1 N–H and O–H groups in total. The van der Waals surface area contributed by atoms with Crippen LogP contribution in [0, 0.1) is 13.8 Å². The summed E-state index contributed by atoms with van der Waals surface area (Å²) < 4.78 is 2.26. The topological polar surface area (TPSA) is 29.9 Å². The molecule has 2 rings (SSSR count). The van der Waals surface area contributed by atoms with E-state index in [2.05, 4.69) is 42.4 Å². The molecule has 0 saturated heterocycles. The Hall–Kier alpha value is -1.61. The van der Waals surface area contributed by atoms with E-state index in [1.807, 2.05) is 13.1 Å². The third kappa shape index (κ3) is 2.31. The van der Waals surface area contributed by atoms with E-state index in [1.54, 1.807) is 0 Å². The number of allylic oxidation sites excluding steroid dienone is 1. The van der Waals surface area contributed by atoms with Crippen molar-refractivity contribution in [1.29, 1.82) is 0 Å². The Balaban J connectivity index is 2.55. The van der Waals surface area contributed by atoms with Crippen LogP contribution >= 0.6 is 0 Å². The fraction of sp³-hybridized carbons (Fsp3) is 0.400. The van der Waals surface area contributed by atoms with E-state index >= 15 is 0 Å². The first-order chi connectivity index (χ1) is 8.67. The van der Waals surface area contributed by atoms with Gasteiger partial charge in [0.1, 0.15) is 5.82 Å². The molecule has 18 heavy (non-hydrogen) atoms. The first-order valence-electron chi connectivity index (χ1n) is 6.39. The van der Waals surface area contributed by atoms with Crippen molar-refractivity contribution < 1.29 is 0 Å². The third-order valence-corrected chi connectivity index (χ3v) is 3.35. The zero-order valence-corrected chi connectivity index (χ0v) is 11.5. The van der Waals surface area contributed by atoms with Gasteiger partial charge in [0.25, 0.3) is 0 Å². The summed E-state index contributed by atoms with van der Waals surface area (Å²) in [5.74, 6) is 1.13. The van der Waals surface area contributed by atoms with E-state index in [-0.39, 0.29) is 0 Å². The van der Waals surface area contributed by atoms with Crippen LogP contribution in [0.3, 0.4) is 0 Å². The van der Waals surface area contributed by atoms with Crippen LogP contribution in [0.2, 0.25) is 0 Å². The van der Waals surface area contributed by atoms with Gasteiger partial charge in [-0.15, -0.1) is 6.58 Å². The second-order valence-corrected chi connectivity index (χ2v) is 4.71. The lowest BCUT2D eigenvalue weighted by Crippen LogP contribution is -2.14. The molecule has 1 aromatic carbocycles. The van der Waals surface area contributed by atoms with Crippen molar-refractivity contribution in [2.45, 2.75) is 26.8 Å². The summed E-state index contributed by atoms with van der Waals surface area (Å²) in [5.41, 5.74) is 4.91. The molecule has 0 spiro atoms. The molecule has 96 valence electrons. The maximum absolute atomic E-state index is 4.75. The number of nitrogens with zero attached hydrogens (tertiary/aromatic N) is 2. The van der Waals surface area contributed by atoms with Gasteiger partial charge in [-0.05, 0) is 44.2 Å². The number of hydrogen-bond donors (Lipinski definition) is 1. The average molecular weight is 243 g/mol. The van der Waals surface area contributed by atoms with Gasteiger partial charge < -0.3 is 9.88 Å². The van der Waals surface area contributed by atoms with Gasteiger partial charge in [0.05, 0.1) is 11.0 Å². The minimum atomic E-state index is 0.818. The molecule has 0 unspecified atom stereocenters. The average Bonchev–Trinajstić information content (AvgIpc) is 2.66. The quantitative estimate of drug-likeness (QED) is 0.818. The summed E-state index contributed by atoms with van der Waals surface area (Å²) in [5, 5.41) is 3.17. The number of imidazole rings is 1. The highest BCUT2D eigenvalue weighted by atomic mass is 15.1. The summed E-state index contributed by atoms with van der Waals surface area (Å²) in [6.45, 7) is 9.88. The molecule has 3 nitrogen and oxygen atoms in total. The number of nitrogens with one attached hydrogen (secondary N) is 1. The normalized spacial score (nSPS) is 11.1. The Labute approximate surface area is 109 Å². The van der Waals surface area contributed by atoms with Crippen LogP contribution in [0.4, 0.5) is 0 Å². The highest BCUT2D eigenvalue weighted by molar-refractivity contribution is 5.78. The SMILES string of the molecule is C=CCn1c(CCNC)nc2cc(C)c(C)cc21. The molecular formula is C15H21N3. The predicted octanol–water partition coefficient (Wildman–Crippen LogP) is 2.60. The van der Waals surface area contributed by atoms with Gasteiger partial charge in [-0.25, -0.2) is 4.98 Å². The fourth-order valence-electron chi connectivity index (χ4n) is 2.19. The van der Waals surface area contributed by atoms with Crippen LogP contribution in [-0.2, 0) is 13.0 Å². The van der Waals surface area contributed by atoms with Gasteiger partial charge in [-0.3, -0.25) is 0 Å². The number of likely N-dealkylation sites (N-methyl/N-ethyl adjacent to an activating group) is 1. The minimum Gasteiger partial charge on any atom is -0.324 e. The number of fused-ring (bicyclic) bond motifs is 1. The molecule has 0 saturated carbocycles. The van der Waals surface area contributed by atoms with E-state index in [9.17, 15) is 0 Å². The van der Waals surface area contributed by atoms with Crippen molar-refractivity contribution in [3.05, 3.63) is 41.7 Å². The summed E-state index contributed by atoms with van der Waals surface area (Å²) in [6.07, 6.45) is 2.87. The van der Waals surface area contributed by atoms with Crippen molar-refractivity contribution in [3.63, 3.8) is 0 Å². The number of rotatable bonds is 5. The van der Waals surface area contributed by atoms with Gasteiger partial charge in [0.15, 0.2) is 0 Å². The fourth-order valence-corrected chi connectivity index (χ4v) is 2.19. The Morgan fingerprint density at radius 1 is 1.33 bits per heavy atom. The van der Waals surface area contributed by atoms with Crippen LogP contribution in [0.25, 0.3) is 11.0 Å². The number of hydrogen-bond acceptors (Lipinski definition) is 2. The molecule has 0 aliphatic heterocycles. The molecule has 2 aromatic rings. The summed E-state index contributed by atoms with van der Waals surface area (Å²) >= 11 is 0. The second-order valence-electron chi connectivity index (χ2n) is 4.71. The molecule has 0 aliphatic carbocycles. The van der Waals surface area contributed by atoms with E-state index in [4.69, 9.17) is 4.98 Å². The van der Waals surface area contributed by atoms with E-state index < -0.39 is 0 Å². The first kappa shape index (κ1) is 12.8. The summed E-state index contributed by atoms with van der Waals surface area (Å²) in [6, 6.07) is 4.40. The lowest BCUT2D eigenvalue weighted by Gasteiger charge is -2.07. The monoisotopic (exact) mass is 243 g/mol. The molecule has 0 radical (unpaired) electrons. The van der Waals surface area contributed by atoms with Crippen molar-refractivity contribution in [2.75, 3.05) is 13.6 Å². The molecule has 0 aliphatic rings. The standard InChI is InChI=1S/C15H21N3/c1-5-8-18-14-10-12(3)11(2)9-13(14)17-15(18)6-7-16-4/h5,9-10,16H,1,6-8H2,2-4H3. The molecular weight excluding hydrogens is 222 g/mol. The van der Waals surface area contributed by atoms with Gasteiger partial charge in [0, 0.05) is 19.5 Å². The van der Waals surface area contributed by atoms with Crippen molar-refractivity contribution in [3.8, 4) is 0 Å². The van der Waals surface area contributed by atoms with Crippen molar-refractivity contribution in [2.24, 2.45) is 0 Å². The van der Waals surface area contributed by atoms with Gasteiger partial charge in [0.2, 0.25) is 0 Å². The molecule has 0 bridgehead atoms.